The van der Waals surface area contributed by atoms with Crippen molar-refractivity contribution in [3.63, 3.8) is 0 Å². The summed E-state index contributed by atoms with van der Waals surface area (Å²) >= 11 is 0. The fraction of sp³-hybridized carbons (Fsp3) is 0.500. The molecule has 0 fully saturated rings. The molecule has 1 N–H and O–H groups in total. The fourth-order valence-electron chi connectivity index (χ4n) is 4.90. The van der Waals surface area contributed by atoms with Crippen LogP contribution in [0.1, 0.15) is 40.2 Å². The molecule has 0 spiro atoms. The van der Waals surface area contributed by atoms with Crippen molar-refractivity contribution < 1.29 is 19.0 Å². The number of ether oxygens (including phenoxy) is 3. The van der Waals surface area contributed by atoms with Crippen molar-refractivity contribution in [2.24, 2.45) is 0 Å². The highest BCUT2D eigenvalue weighted by Crippen LogP contribution is 2.38. The standard InChI is InChI=1S/C26H34N2O4.ClH/c1-17-11-20-12-21(22(20)15-23(17)30-2)16-27-8-5-26(29)28-9-6-18-13-24(31-3)25(32-4)14-19(18)7-10-28;/h11,13-15,21,27H,5-10,12,16H2,1-4H3;1H. The molecular formula is C26H35ClN2O4. The van der Waals surface area contributed by atoms with Crippen LogP contribution >= 0.6 is 12.4 Å². The monoisotopic (exact) mass is 474 g/mol. The second-order valence-corrected chi connectivity index (χ2v) is 8.73. The molecule has 0 saturated carbocycles. The number of carbonyl (C=O) groups is 1. The predicted octanol–water partition coefficient (Wildman–Crippen LogP) is 3.69. The van der Waals surface area contributed by atoms with Crippen molar-refractivity contribution in [2.45, 2.75) is 38.5 Å². The molecule has 0 radical (unpaired) electrons. The number of hydrogen-bond acceptors (Lipinski definition) is 5. The summed E-state index contributed by atoms with van der Waals surface area (Å²) in [6, 6.07) is 8.51. The van der Waals surface area contributed by atoms with E-state index >= 15 is 0 Å². The molecule has 7 heteroatoms. The van der Waals surface area contributed by atoms with Crippen LogP contribution < -0.4 is 19.5 Å². The molecule has 1 aliphatic heterocycles. The van der Waals surface area contributed by atoms with Crippen molar-refractivity contribution >= 4 is 18.3 Å². The number of halogens is 1. The van der Waals surface area contributed by atoms with Crippen molar-refractivity contribution in [1.82, 2.24) is 10.2 Å². The van der Waals surface area contributed by atoms with Crippen molar-refractivity contribution in [1.29, 1.82) is 0 Å². The van der Waals surface area contributed by atoms with E-state index in [1.165, 1.54) is 27.8 Å². The maximum absolute atomic E-state index is 12.8. The number of amides is 1. The van der Waals surface area contributed by atoms with Gasteiger partial charge in [0.2, 0.25) is 5.91 Å². The average Bonchev–Trinajstić information content (AvgIpc) is 3.01. The maximum Gasteiger partial charge on any atom is 0.223 e. The highest BCUT2D eigenvalue weighted by Gasteiger charge is 2.27. The third-order valence-corrected chi connectivity index (χ3v) is 6.83. The summed E-state index contributed by atoms with van der Waals surface area (Å²) in [7, 11) is 5.04. The van der Waals surface area contributed by atoms with Gasteiger partial charge < -0.3 is 24.4 Å². The highest BCUT2D eigenvalue weighted by atomic mass is 35.5. The Kier molecular flexibility index (Phi) is 8.49. The maximum atomic E-state index is 12.8. The summed E-state index contributed by atoms with van der Waals surface area (Å²) in [4.78, 5) is 14.8. The van der Waals surface area contributed by atoms with Crippen molar-refractivity contribution in [2.75, 3.05) is 47.5 Å². The zero-order chi connectivity index (χ0) is 22.7. The van der Waals surface area contributed by atoms with Crippen molar-refractivity contribution in [3.05, 3.63) is 52.1 Å². The molecule has 0 saturated heterocycles. The molecule has 2 aromatic rings. The lowest BCUT2D eigenvalue weighted by Gasteiger charge is -2.31. The number of aryl methyl sites for hydroxylation is 1. The summed E-state index contributed by atoms with van der Waals surface area (Å²) in [6.07, 6.45) is 3.31. The van der Waals surface area contributed by atoms with Crippen molar-refractivity contribution in [3.8, 4) is 17.2 Å². The Labute approximate surface area is 203 Å². The Balaban J connectivity index is 0.00000306. The molecule has 4 rings (SSSR count). The van der Waals surface area contributed by atoms with Gasteiger partial charge in [0.15, 0.2) is 11.5 Å². The second-order valence-electron chi connectivity index (χ2n) is 8.73. The van der Waals surface area contributed by atoms with Crippen LogP contribution in [0, 0.1) is 6.92 Å². The minimum absolute atomic E-state index is 0. The first-order chi connectivity index (χ1) is 15.5. The Morgan fingerprint density at radius 3 is 2.12 bits per heavy atom. The van der Waals surface area contributed by atoms with Crippen LogP contribution in [-0.4, -0.2) is 58.3 Å². The summed E-state index contributed by atoms with van der Waals surface area (Å²) in [5.74, 6) is 3.19. The molecule has 0 bridgehead atoms. The molecule has 0 aromatic heterocycles. The minimum Gasteiger partial charge on any atom is -0.496 e. The summed E-state index contributed by atoms with van der Waals surface area (Å²) < 4.78 is 16.3. The minimum atomic E-state index is 0. The van der Waals surface area contributed by atoms with Gasteiger partial charge in [-0.15, -0.1) is 12.4 Å². The largest absolute Gasteiger partial charge is 0.496 e. The van der Waals surface area contributed by atoms with Gasteiger partial charge >= 0.3 is 0 Å². The first-order valence-electron chi connectivity index (χ1n) is 11.4. The van der Waals surface area contributed by atoms with Gasteiger partial charge in [-0.3, -0.25) is 4.79 Å². The SMILES string of the molecule is COc1cc2c(cc1C)CC2CNCCC(=O)N1CCc2cc(OC)c(OC)cc2CC1.Cl. The third kappa shape index (κ3) is 5.39. The van der Waals surface area contributed by atoms with Crippen LogP contribution in [0.15, 0.2) is 24.3 Å². The van der Waals surface area contributed by atoms with Gasteiger partial charge in [-0.2, -0.15) is 0 Å². The van der Waals surface area contributed by atoms with Gasteiger partial charge in [0.05, 0.1) is 21.3 Å². The number of nitrogens with one attached hydrogen (secondary N) is 1. The molecule has 1 amide bonds. The fourth-order valence-corrected chi connectivity index (χ4v) is 4.90. The number of rotatable bonds is 8. The first-order valence-corrected chi connectivity index (χ1v) is 11.4. The molecule has 2 aliphatic rings. The lowest BCUT2D eigenvalue weighted by Crippen LogP contribution is -2.36. The third-order valence-electron chi connectivity index (χ3n) is 6.83. The quantitative estimate of drug-likeness (QED) is 0.591. The van der Waals surface area contributed by atoms with Crippen LogP contribution in [-0.2, 0) is 24.1 Å². The van der Waals surface area contributed by atoms with Crippen LogP contribution in [0.5, 0.6) is 17.2 Å². The van der Waals surface area contributed by atoms with E-state index in [0.29, 0.717) is 18.9 Å². The molecule has 1 heterocycles. The first kappa shape index (κ1) is 25.2. The van der Waals surface area contributed by atoms with E-state index in [1.54, 1.807) is 21.3 Å². The van der Waals surface area contributed by atoms with Gasteiger partial charge in [-0.25, -0.2) is 0 Å². The Morgan fingerprint density at radius 2 is 1.55 bits per heavy atom. The lowest BCUT2D eigenvalue weighted by atomic mass is 9.76. The van der Waals surface area contributed by atoms with E-state index in [9.17, 15) is 4.79 Å². The molecule has 2 aromatic carbocycles. The lowest BCUT2D eigenvalue weighted by molar-refractivity contribution is -0.131. The Bertz CT molecular complexity index is 960. The molecule has 6 nitrogen and oxygen atoms in total. The number of methoxy groups -OCH3 is 3. The number of carbonyl (C=O) groups excluding carboxylic acids is 1. The number of fused-ring (bicyclic) bond motifs is 2. The van der Waals surface area contributed by atoms with E-state index in [1.807, 2.05) is 4.90 Å². The molecule has 180 valence electrons. The number of hydrogen-bond donors (Lipinski definition) is 1. The van der Waals surface area contributed by atoms with E-state index in [-0.39, 0.29) is 18.3 Å². The zero-order valence-electron chi connectivity index (χ0n) is 20.0. The Morgan fingerprint density at radius 1 is 0.939 bits per heavy atom. The highest BCUT2D eigenvalue weighted by molar-refractivity contribution is 5.85. The Hall–Kier alpha value is -2.44. The normalized spacial score (nSPS) is 16.5. The van der Waals surface area contributed by atoms with Crippen LogP contribution in [0.25, 0.3) is 0 Å². The van der Waals surface area contributed by atoms with Crippen LogP contribution in [0.4, 0.5) is 0 Å². The van der Waals surface area contributed by atoms with E-state index in [2.05, 4.69) is 36.5 Å². The molecule has 1 aliphatic carbocycles. The zero-order valence-corrected chi connectivity index (χ0v) is 20.8. The predicted molar refractivity (Wildman–Crippen MR) is 132 cm³/mol. The molecular weight excluding hydrogens is 440 g/mol. The van der Waals surface area contributed by atoms with Gasteiger partial charge in [0.25, 0.3) is 0 Å². The average molecular weight is 475 g/mol. The number of benzene rings is 2. The number of nitrogens with zero attached hydrogens (tertiary/aromatic N) is 1. The van der Waals surface area contributed by atoms with Gasteiger partial charge in [-0.05, 0) is 72.2 Å². The van der Waals surface area contributed by atoms with Gasteiger partial charge in [-0.1, -0.05) is 6.07 Å². The molecule has 1 atom stereocenters. The molecule has 33 heavy (non-hydrogen) atoms. The van der Waals surface area contributed by atoms with Crippen LogP contribution in [0.2, 0.25) is 0 Å². The van der Waals surface area contributed by atoms with E-state index in [4.69, 9.17) is 14.2 Å². The summed E-state index contributed by atoms with van der Waals surface area (Å²) in [6.45, 7) is 5.19. The summed E-state index contributed by atoms with van der Waals surface area (Å²) in [5, 5.41) is 3.49. The van der Waals surface area contributed by atoms with E-state index in [0.717, 1.165) is 56.1 Å². The molecule has 1 unspecified atom stereocenters. The smallest absolute Gasteiger partial charge is 0.223 e. The summed E-state index contributed by atoms with van der Waals surface area (Å²) in [5.41, 5.74) is 6.47. The van der Waals surface area contributed by atoms with Gasteiger partial charge in [0, 0.05) is 38.5 Å². The van der Waals surface area contributed by atoms with E-state index < -0.39 is 0 Å². The second kappa shape index (κ2) is 11.1. The van der Waals surface area contributed by atoms with Crippen LogP contribution in [0.3, 0.4) is 0 Å². The van der Waals surface area contributed by atoms with Gasteiger partial charge in [0.1, 0.15) is 5.75 Å². The topological polar surface area (TPSA) is 60.0 Å².